The Bertz CT molecular complexity index is 478. The SMILES string of the molecule is CCSc1cccc(NC2CCCC(CC)C2)c1C#N. The summed E-state index contributed by atoms with van der Waals surface area (Å²) >= 11 is 1.75. The molecule has 0 saturated heterocycles. The summed E-state index contributed by atoms with van der Waals surface area (Å²) in [6, 6.07) is 9.07. The predicted molar refractivity (Wildman–Crippen MR) is 87.2 cm³/mol. The summed E-state index contributed by atoms with van der Waals surface area (Å²) in [7, 11) is 0. The van der Waals surface area contributed by atoms with E-state index in [2.05, 4.69) is 31.3 Å². The highest BCUT2D eigenvalue weighted by Gasteiger charge is 2.21. The molecule has 108 valence electrons. The van der Waals surface area contributed by atoms with Crippen LogP contribution in [0.25, 0.3) is 0 Å². The van der Waals surface area contributed by atoms with Crippen LogP contribution in [-0.2, 0) is 0 Å². The number of benzene rings is 1. The molecule has 2 rings (SSSR count). The van der Waals surface area contributed by atoms with Crippen molar-refractivity contribution in [1.82, 2.24) is 0 Å². The molecule has 0 aromatic heterocycles. The summed E-state index contributed by atoms with van der Waals surface area (Å²) in [6.07, 6.45) is 6.42. The van der Waals surface area contributed by atoms with Gasteiger partial charge >= 0.3 is 0 Å². The molecule has 0 heterocycles. The lowest BCUT2D eigenvalue weighted by molar-refractivity contribution is 0.327. The Morgan fingerprint density at radius 2 is 2.20 bits per heavy atom. The smallest absolute Gasteiger partial charge is 0.102 e. The maximum absolute atomic E-state index is 9.45. The Labute approximate surface area is 127 Å². The number of thioether (sulfide) groups is 1. The fourth-order valence-corrected chi connectivity index (χ4v) is 3.84. The fourth-order valence-electron chi connectivity index (χ4n) is 3.06. The van der Waals surface area contributed by atoms with E-state index in [0.717, 1.165) is 27.8 Å². The molecular weight excluding hydrogens is 264 g/mol. The number of nitrogens with zero attached hydrogens (tertiary/aromatic N) is 1. The molecule has 0 spiro atoms. The van der Waals surface area contributed by atoms with Gasteiger partial charge in [0.15, 0.2) is 0 Å². The zero-order chi connectivity index (χ0) is 14.4. The van der Waals surface area contributed by atoms with Crippen LogP contribution in [0.3, 0.4) is 0 Å². The van der Waals surface area contributed by atoms with Crippen molar-refractivity contribution in [1.29, 1.82) is 5.26 Å². The second kappa shape index (κ2) is 7.59. The highest BCUT2D eigenvalue weighted by Crippen LogP contribution is 2.32. The lowest BCUT2D eigenvalue weighted by atomic mass is 9.84. The van der Waals surface area contributed by atoms with Gasteiger partial charge in [0.2, 0.25) is 0 Å². The van der Waals surface area contributed by atoms with Crippen molar-refractivity contribution in [3.63, 3.8) is 0 Å². The molecule has 20 heavy (non-hydrogen) atoms. The molecule has 1 fully saturated rings. The molecular formula is C17H24N2S. The van der Waals surface area contributed by atoms with Crippen molar-refractivity contribution in [3.05, 3.63) is 23.8 Å². The van der Waals surface area contributed by atoms with Crippen LogP contribution in [0.2, 0.25) is 0 Å². The summed E-state index contributed by atoms with van der Waals surface area (Å²) in [4.78, 5) is 1.10. The van der Waals surface area contributed by atoms with E-state index in [1.807, 2.05) is 12.1 Å². The third-order valence-electron chi connectivity index (χ3n) is 4.16. The van der Waals surface area contributed by atoms with Gasteiger partial charge in [0.05, 0.1) is 11.3 Å². The van der Waals surface area contributed by atoms with Crippen LogP contribution in [0.15, 0.2) is 23.1 Å². The quantitative estimate of drug-likeness (QED) is 0.770. The summed E-state index contributed by atoms with van der Waals surface area (Å²) in [5, 5.41) is 13.1. The molecule has 1 aliphatic rings. The van der Waals surface area contributed by atoms with Gasteiger partial charge < -0.3 is 5.32 Å². The standard InChI is InChI=1S/C17H24N2S/c1-3-13-7-5-8-14(11-13)19-16-9-6-10-17(20-4-2)15(16)12-18/h6,9-10,13-14,19H,3-5,7-8,11H2,1-2H3. The van der Waals surface area contributed by atoms with Gasteiger partial charge in [-0.2, -0.15) is 5.26 Å². The number of rotatable bonds is 5. The molecule has 1 aromatic carbocycles. The van der Waals surface area contributed by atoms with Crippen molar-refractivity contribution in [3.8, 4) is 6.07 Å². The van der Waals surface area contributed by atoms with Crippen molar-refractivity contribution in [2.24, 2.45) is 5.92 Å². The monoisotopic (exact) mass is 288 g/mol. The summed E-state index contributed by atoms with van der Waals surface area (Å²) < 4.78 is 0. The number of nitriles is 1. The Morgan fingerprint density at radius 3 is 2.90 bits per heavy atom. The highest BCUT2D eigenvalue weighted by molar-refractivity contribution is 7.99. The molecule has 0 radical (unpaired) electrons. The third-order valence-corrected chi connectivity index (χ3v) is 5.10. The number of nitrogens with one attached hydrogen (secondary N) is 1. The van der Waals surface area contributed by atoms with Crippen molar-refractivity contribution >= 4 is 17.4 Å². The zero-order valence-electron chi connectivity index (χ0n) is 12.5. The van der Waals surface area contributed by atoms with E-state index in [9.17, 15) is 5.26 Å². The lowest BCUT2D eigenvalue weighted by Gasteiger charge is -2.30. The summed E-state index contributed by atoms with van der Waals surface area (Å²) in [5.41, 5.74) is 1.84. The molecule has 0 aliphatic heterocycles. The molecule has 1 aromatic rings. The van der Waals surface area contributed by atoms with Gasteiger partial charge in [-0.3, -0.25) is 0 Å². The van der Waals surface area contributed by atoms with E-state index in [4.69, 9.17) is 0 Å². The maximum Gasteiger partial charge on any atom is 0.102 e. The van der Waals surface area contributed by atoms with Gasteiger partial charge in [-0.05, 0) is 36.6 Å². The van der Waals surface area contributed by atoms with Crippen molar-refractivity contribution in [2.75, 3.05) is 11.1 Å². The first-order valence-electron chi connectivity index (χ1n) is 7.70. The molecule has 0 bridgehead atoms. The van der Waals surface area contributed by atoms with Crippen LogP contribution in [0.4, 0.5) is 5.69 Å². The van der Waals surface area contributed by atoms with E-state index in [0.29, 0.717) is 6.04 Å². The predicted octanol–water partition coefficient (Wildman–Crippen LogP) is 5.05. The fraction of sp³-hybridized carbons (Fsp3) is 0.588. The van der Waals surface area contributed by atoms with Crippen LogP contribution >= 0.6 is 11.8 Å². The number of hydrogen-bond acceptors (Lipinski definition) is 3. The molecule has 2 unspecified atom stereocenters. The van der Waals surface area contributed by atoms with E-state index < -0.39 is 0 Å². The average molecular weight is 288 g/mol. The van der Waals surface area contributed by atoms with E-state index >= 15 is 0 Å². The van der Waals surface area contributed by atoms with Crippen LogP contribution in [-0.4, -0.2) is 11.8 Å². The van der Waals surface area contributed by atoms with Crippen molar-refractivity contribution < 1.29 is 0 Å². The molecule has 3 heteroatoms. The number of anilines is 1. The molecule has 2 atom stereocenters. The molecule has 1 aliphatic carbocycles. The second-order valence-corrected chi connectivity index (χ2v) is 6.81. The van der Waals surface area contributed by atoms with Gasteiger partial charge in [-0.25, -0.2) is 0 Å². The van der Waals surface area contributed by atoms with Crippen molar-refractivity contribution in [2.45, 2.75) is 56.9 Å². The zero-order valence-corrected chi connectivity index (χ0v) is 13.3. The van der Waals surface area contributed by atoms with Crippen LogP contribution in [0.1, 0.15) is 51.5 Å². The largest absolute Gasteiger partial charge is 0.381 e. The minimum atomic E-state index is 0.530. The van der Waals surface area contributed by atoms with Gasteiger partial charge in [-0.15, -0.1) is 11.8 Å². The number of hydrogen-bond donors (Lipinski definition) is 1. The third kappa shape index (κ3) is 3.70. The Balaban J connectivity index is 2.12. The Hall–Kier alpha value is -1.14. The summed E-state index contributed by atoms with van der Waals surface area (Å²) in [6.45, 7) is 4.41. The van der Waals surface area contributed by atoms with E-state index in [1.165, 1.54) is 32.1 Å². The first kappa shape index (κ1) is 15.3. The molecule has 2 nitrogen and oxygen atoms in total. The molecule has 1 N–H and O–H groups in total. The highest BCUT2D eigenvalue weighted by atomic mass is 32.2. The van der Waals surface area contributed by atoms with Gasteiger partial charge in [-0.1, -0.05) is 39.2 Å². The Morgan fingerprint density at radius 1 is 1.35 bits per heavy atom. The van der Waals surface area contributed by atoms with Crippen LogP contribution in [0, 0.1) is 17.2 Å². The van der Waals surface area contributed by atoms with E-state index in [1.54, 1.807) is 11.8 Å². The average Bonchev–Trinajstić information content (AvgIpc) is 2.48. The lowest BCUT2D eigenvalue weighted by Crippen LogP contribution is -2.27. The van der Waals surface area contributed by atoms with Gasteiger partial charge in [0.1, 0.15) is 6.07 Å². The van der Waals surface area contributed by atoms with Gasteiger partial charge in [0, 0.05) is 10.9 Å². The van der Waals surface area contributed by atoms with Crippen LogP contribution < -0.4 is 5.32 Å². The second-order valence-electron chi connectivity index (χ2n) is 5.51. The first-order chi connectivity index (χ1) is 9.78. The summed E-state index contributed by atoms with van der Waals surface area (Å²) in [5.74, 6) is 1.85. The van der Waals surface area contributed by atoms with Gasteiger partial charge in [0.25, 0.3) is 0 Å². The molecule has 1 saturated carbocycles. The topological polar surface area (TPSA) is 35.8 Å². The minimum absolute atomic E-state index is 0.530. The van der Waals surface area contributed by atoms with E-state index in [-0.39, 0.29) is 0 Å². The Kier molecular flexibility index (Phi) is 5.79. The minimum Gasteiger partial charge on any atom is -0.381 e. The first-order valence-corrected chi connectivity index (χ1v) is 8.69. The van der Waals surface area contributed by atoms with Crippen LogP contribution in [0.5, 0.6) is 0 Å². The maximum atomic E-state index is 9.45. The normalized spacial score (nSPS) is 22.2. The molecule has 0 amide bonds.